The van der Waals surface area contributed by atoms with Crippen molar-refractivity contribution in [2.45, 2.75) is 194 Å². The summed E-state index contributed by atoms with van der Waals surface area (Å²) in [6.45, 7) is 20.1. The number of fused-ring (bicyclic) bond motifs is 6. The van der Waals surface area contributed by atoms with Gasteiger partial charge >= 0.3 is 43.0 Å². The molecular formula is C56H81LiN6O11. The summed E-state index contributed by atoms with van der Waals surface area (Å²) in [4.78, 5) is 87.7. The van der Waals surface area contributed by atoms with Gasteiger partial charge < -0.3 is 55.2 Å². The number of para-hydroxylation sites is 2. The second kappa shape index (κ2) is 26.8. The summed E-state index contributed by atoms with van der Waals surface area (Å²) in [6.07, 6.45) is 6.61. The van der Waals surface area contributed by atoms with E-state index in [-0.39, 0.29) is 86.0 Å². The number of rotatable bonds is 15. The number of alkyl carbamates (subject to hydrolysis) is 2. The second-order valence-electron chi connectivity index (χ2n) is 22.6. The minimum Gasteiger partial charge on any atom is -0.870 e. The minimum atomic E-state index is -1.02. The van der Waals surface area contributed by atoms with Crippen LogP contribution in [0.2, 0.25) is 0 Å². The zero-order valence-electron chi connectivity index (χ0n) is 45.7. The fourth-order valence-corrected chi connectivity index (χ4v) is 10.3. The summed E-state index contributed by atoms with van der Waals surface area (Å²) in [5.41, 5.74) is 5.25. The molecule has 18 heteroatoms. The molecule has 4 heterocycles. The number of ether oxygens (including phenoxy) is 3. The van der Waals surface area contributed by atoms with Gasteiger partial charge in [0.25, 0.3) is 0 Å². The average Bonchev–Trinajstić information content (AvgIpc) is 3.87. The van der Waals surface area contributed by atoms with Crippen molar-refractivity contribution in [1.29, 1.82) is 0 Å². The number of aliphatic carboxylic acids is 1. The predicted octanol–water partition coefficient (Wildman–Crippen LogP) is 7.41. The van der Waals surface area contributed by atoms with E-state index in [1.165, 1.54) is 28.3 Å². The molecular weight excluding hydrogens is 940 g/mol. The molecule has 2 unspecified atom stereocenters. The van der Waals surface area contributed by atoms with E-state index < -0.39 is 41.4 Å². The molecule has 2 aromatic heterocycles. The molecule has 1 saturated carbocycles. The molecule has 4 aromatic rings. The van der Waals surface area contributed by atoms with E-state index >= 15 is 0 Å². The quantitative estimate of drug-likeness (QED) is 0.0446. The molecule has 4 atom stereocenters. The number of esters is 1. The average molecular weight is 1020 g/mol. The van der Waals surface area contributed by atoms with E-state index in [1.807, 2.05) is 35.2 Å². The van der Waals surface area contributed by atoms with E-state index in [0.717, 1.165) is 67.4 Å². The first-order valence-corrected chi connectivity index (χ1v) is 26.2. The molecule has 3 aliphatic rings. The van der Waals surface area contributed by atoms with Crippen molar-refractivity contribution in [1.82, 2.24) is 30.4 Å². The molecule has 0 saturated heterocycles. The summed E-state index contributed by atoms with van der Waals surface area (Å²) >= 11 is 0. The van der Waals surface area contributed by atoms with Crippen molar-refractivity contribution in [3.63, 3.8) is 0 Å². The summed E-state index contributed by atoms with van der Waals surface area (Å²) < 4.78 is 16.5. The molecule has 2 aliphatic heterocycles. The minimum absolute atomic E-state index is 0. The van der Waals surface area contributed by atoms with Crippen LogP contribution in [0.5, 0.6) is 0 Å². The number of amides is 4. The van der Waals surface area contributed by atoms with Crippen molar-refractivity contribution < 1.29 is 72.4 Å². The van der Waals surface area contributed by atoms with Crippen molar-refractivity contribution in [2.24, 2.45) is 11.8 Å². The Balaban J connectivity index is 0.000000316. The third-order valence-electron chi connectivity index (χ3n) is 13.4. The first kappa shape index (κ1) is 61.0. The molecule has 7 rings (SSSR count). The molecule has 1 aliphatic carbocycles. The molecule has 4 amide bonds. The summed E-state index contributed by atoms with van der Waals surface area (Å²) in [6, 6.07) is 14.2. The number of aromatic nitrogens is 2. The van der Waals surface area contributed by atoms with Crippen LogP contribution in [0.15, 0.2) is 48.5 Å². The van der Waals surface area contributed by atoms with E-state index in [4.69, 9.17) is 14.2 Å². The van der Waals surface area contributed by atoms with Crippen LogP contribution < -0.4 is 29.5 Å². The van der Waals surface area contributed by atoms with Gasteiger partial charge in [0.05, 0.1) is 12.1 Å². The topological polar surface area (TPSA) is 242 Å². The normalized spacial score (nSPS) is 17.6. The van der Waals surface area contributed by atoms with Crippen LogP contribution in [0.1, 0.15) is 174 Å². The van der Waals surface area contributed by atoms with Gasteiger partial charge in [0.2, 0.25) is 11.8 Å². The van der Waals surface area contributed by atoms with E-state index in [9.17, 15) is 33.9 Å². The standard InChI is InChI=1S/C31H45N3O5.C25H35N3O5.Li.H2O/c1-20(2)19-26-28-23(22-13-9-10-14-24(22)32-28)17-18-34(26)29(36)25(33-30(37)39-31(3,4)5)15-16-27(35)38-21-11-7-6-8-12-21;1-15(2)14-20-22-17(16-8-6-7-9-18(16)26-22)12-13-28(20)23(31)19(10-11-21(29)30)27-24(32)33-25(3,4)5;;/h9-10,13-14,20-21,25-26,32H,6-8,11-12,15-19H2,1-5H3,(H,33,37);6-9,15,19-20,26H,10-14H2,1-5H3,(H,27,32)(H,29,30);;1H2/q;;+1;/p-1/t25-,26?;19-,20?;;/m11../s1. The fourth-order valence-electron chi connectivity index (χ4n) is 10.3. The van der Waals surface area contributed by atoms with Crippen molar-refractivity contribution in [3.8, 4) is 0 Å². The van der Waals surface area contributed by atoms with Crippen LogP contribution in [0.25, 0.3) is 21.8 Å². The van der Waals surface area contributed by atoms with Crippen LogP contribution in [-0.2, 0) is 46.2 Å². The SMILES string of the molecule is CC(C)CC1c2[nH]c3ccccc3c2CCN1C(=O)[C@@H](CCC(=O)O)NC(=O)OC(C)(C)C.CC(C)CC1c2[nH]c3ccccc3c2CCN1C(=O)[C@@H](CCC(=O)OC1CCCCC1)NC(=O)OC(C)(C)C.[Li+].[OH-]. The Morgan fingerprint density at radius 3 is 1.45 bits per heavy atom. The predicted molar refractivity (Wildman–Crippen MR) is 279 cm³/mol. The summed E-state index contributed by atoms with van der Waals surface area (Å²) in [5, 5.41) is 17.0. The maximum Gasteiger partial charge on any atom is 1.00 e. The van der Waals surface area contributed by atoms with Crippen molar-refractivity contribution in [2.75, 3.05) is 13.1 Å². The summed E-state index contributed by atoms with van der Waals surface area (Å²) in [5.74, 6) is -1.13. The van der Waals surface area contributed by atoms with Gasteiger partial charge in [0.15, 0.2) is 0 Å². The zero-order chi connectivity index (χ0) is 52.5. The van der Waals surface area contributed by atoms with Gasteiger partial charge in [-0.15, -0.1) is 0 Å². The van der Waals surface area contributed by atoms with Crippen LogP contribution in [-0.4, -0.2) is 109 Å². The first-order chi connectivity index (χ1) is 34.0. The van der Waals surface area contributed by atoms with Gasteiger partial charge in [-0.3, -0.25) is 19.2 Å². The van der Waals surface area contributed by atoms with Gasteiger partial charge in [-0.05, 0) is 141 Å². The maximum absolute atomic E-state index is 14.1. The third kappa shape index (κ3) is 16.8. The number of carbonyl (C=O) groups is 6. The third-order valence-corrected chi connectivity index (χ3v) is 13.4. The molecule has 1 fully saturated rings. The van der Waals surface area contributed by atoms with Gasteiger partial charge in [-0.1, -0.05) is 70.5 Å². The number of carboxylic acids is 1. The largest absolute Gasteiger partial charge is 1.00 e. The van der Waals surface area contributed by atoms with E-state index in [0.29, 0.717) is 31.3 Å². The number of H-pyrrole nitrogens is 2. The Hall–Kier alpha value is -5.50. The number of hydrogen-bond acceptors (Lipinski definition) is 10. The van der Waals surface area contributed by atoms with E-state index in [1.54, 1.807) is 46.4 Å². The van der Waals surface area contributed by atoms with E-state index in [2.05, 4.69) is 66.5 Å². The monoisotopic (exact) mass is 1020 g/mol. The van der Waals surface area contributed by atoms with Gasteiger partial charge in [-0.25, -0.2) is 9.59 Å². The molecule has 0 radical (unpaired) electrons. The number of nitrogens with one attached hydrogen (secondary N) is 4. The van der Waals surface area contributed by atoms with Crippen molar-refractivity contribution in [3.05, 3.63) is 71.0 Å². The summed E-state index contributed by atoms with van der Waals surface area (Å²) in [7, 11) is 0. The number of hydrogen-bond donors (Lipinski definition) is 5. The van der Waals surface area contributed by atoms with Crippen LogP contribution >= 0.6 is 0 Å². The molecule has 402 valence electrons. The van der Waals surface area contributed by atoms with Crippen molar-refractivity contribution >= 4 is 57.7 Å². The second-order valence-corrected chi connectivity index (χ2v) is 22.6. The maximum atomic E-state index is 14.1. The van der Waals surface area contributed by atoms with Crippen LogP contribution in [0.3, 0.4) is 0 Å². The molecule has 0 spiro atoms. The zero-order valence-corrected chi connectivity index (χ0v) is 45.7. The van der Waals surface area contributed by atoms with Gasteiger partial charge in [0.1, 0.15) is 29.4 Å². The Labute approximate surface area is 448 Å². The molecule has 0 bridgehead atoms. The van der Waals surface area contributed by atoms with Crippen LogP contribution in [0, 0.1) is 11.8 Å². The Morgan fingerprint density at radius 2 is 1.05 bits per heavy atom. The first-order valence-electron chi connectivity index (χ1n) is 26.2. The number of nitrogens with zero attached hydrogens (tertiary/aromatic N) is 2. The molecule has 17 nitrogen and oxygen atoms in total. The Kier molecular flexibility index (Phi) is 22.1. The number of carbonyl (C=O) groups excluding carboxylic acids is 5. The number of carboxylic acid groups (broad SMARTS) is 1. The van der Waals surface area contributed by atoms with Gasteiger partial charge in [0, 0.05) is 59.1 Å². The molecule has 74 heavy (non-hydrogen) atoms. The molecule has 6 N–H and O–H groups in total. The smallest absolute Gasteiger partial charge is 0.870 e. The number of benzene rings is 2. The fraction of sp³-hybridized carbons (Fsp3) is 0.607. The Bertz CT molecular complexity index is 2540. The molecule has 2 aromatic carbocycles. The number of aromatic amines is 2. The Morgan fingerprint density at radius 1 is 0.649 bits per heavy atom. The van der Waals surface area contributed by atoms with Gasteiger partial charge in [-0.2, -0.15) is 0 Å². The van der Waals surface area contributed by atoms with Crippen LogP contribution in [0.4, 0.5) is 9.59 Å².